The average molecular weight is 669 g/mol. The number of halogens is 3. The molecule has 1 N–H and O–H groups in total. The zero-order chi connectivity index (χ0) is 34.2. The summed E-state index contributed by atoms with van der Waals surface area (Å²) in [6, 6.07) is 24.6. The highest BCUT2D eigenvalue weighted by Crippen LogP contribution is 2.49. The van der Waals surface area contributed by atoms with E-state index in [0.717, 1.165) is 6.07 Å². The van der Waals surface area contributed by atoms with Crippen LogP contribution in [0, 0.1) is 0 Å². The maximum atomic E-state index is 13.5. The number of benzene rings is 4. The predicted octanol–water partition coefficient (Wildman–Crippen LogP) is 7.18. The van der Waals surface area contributed by atoms with Gasteiger partial charge in [0.1, 0.15) is 28.5 Å². The van der Waals surface area contributed by atoms with Gasteiger partial charge in [0.05, 0.1) is 14.2 Å². The zero-order valence-corrected chi connectivity index (χ0v) is 26.8. The van der Waals surface area contributed by atoms with Gasteiger partial charge >= 0.3 is 21.7 Å². The van der Waals surface area contributed by atoms with E-state index in [0.29, 0.717) is 39.3 Å². The molecule has 0 saturated carbocycles. The van der Waals surface area contributed by atoms with Crippen LogP contribution in [0.15, 0.2) is 96.0 Å². The summed E-state index contributed by atoms with van der Waals surface area (Å²) in [7, 11) is -3.09. The van der Waals surface area contributed by atoms with Gasteiger partial charge in [0.15, 0.2) is 5.75 Å². The number of fused-ring (bicyclic) bond motifs is 1. The fourth-order valence-electron chi connectivity index (χ4n) is 5.24. The molecule has 4 aromatic carbocycles. The molecule has 13 heteroatoms. The Hall–Kier alpha value is -5.04. The summed E-state index contributed by atoms with van der Waals surface area (Å²) in [6.45, 7) is 5.17. The highest BCUT2D eigenvalue weighted by Gasteiger charge is 2.49. The topological polar surface area (TPSA) is 113 Å². The van der Waals surface area contributed by atoms with Crippen molar-refractivity contribution >= 4 is 22.0 Å². The van der Waals surface area contributed by atoms with Crippen LogP contribution in [0.3, 0.4) is 0 Å². The van der Waals surface area contributed by atoms with Gasteiger partial charge in [-0.15, -0.1) is 0 Å². The summed E-state index contributed by atoms with van der Waals surface area (Å²) in [5, 5.41) is 2.75. The van der Waals surface area contributed by atoms with E-state index in [1.54, 1.807) is 81.4 Å². The van der Waals surface area contributed by atoms with Crippen LogP contribution in [0.4, 0.5) is 18.0 Å². The van der Waals surface area contributed by atoms with Crippen molar-refractivity contribution in [3.63, 3.8) is 0 Å². The number of methoxy groups -OCH3 is 2. The first-order valence-electron chi connectivity index (χ1n) is 14.2. The molecule has 1 atom stereocenters. The number of carbonyl (C=O) groups excluding carboxylic acids is 1. The third kappa shape index (κ3) is 6.61. The lowest BCUT2D eigenvalue weighted by Crippen LogP contribution is -2.36. The van der Waals surface area contributed by atoms with Crippen molar-refractivity contribution < 1.29 is 44.8 Å². The Bertz CT molecular complexity index is 1950. The normalized spacial score (nSPS) is 16.1. The number of hydrogen-bond acceptors (Lipinski definition) is 8. The average Bonchev–Trinajstić information content (AvgIpc) is 3.34. The van der Waals surface area contributed by atoms with Gasteiger partial charge in [-0.1, -0.05) is 54.6 Å². The number of amidine groups is 1. The standard InChI is InChI=1S/C34H31F3N2O7S/c1-32(2,3)45-31(40)38-30-26-11-6-7-12-28(26)33(39-30,22-13-16-24(43-4)17-14-22)23-15-18-29(46-47(41,42)34(35,36)37)27(20-23)21-9-8-10-25(19-21)44-5/h6-20H,1-5H3,(H,38,39,40). The molecule has 0 aromatic heterocycles. The number of nitrogens with one attached hydrogen (secondary N) is 1. The Morgan fingerprint density at radius 3 is 2.09 bits per heavy atom. The third-order valence-electron chi connectivity index (χ3n) is 7.24. The number of carbonyl (C=O) groups is 1. The highest BCUT2D eigenvalue weighted by atomic mass is 32.2. The van der Waals surface area contributed by atoms with E-state index in [1.807, 2.05) is 6.07 Å². The van der Waals surface area contributed by atoms with Gasteiger partial charge in [0, 0.05) is 11.1 Å². The van der Waals surface area contributed by atoms with Crippen molar-refractivity contribution in [2.45, 2.75) is 37.4 Å². The first-order valence-corrected chi connectivity index (χ1v) is 15.6. The Balaban J connectivity index is 1.79. The molecule has 0 radical (unpaired) electrons. The van der Waals surface area contributed by atoms with Gasteiger partial charge < -0.3 is 18.4 Å². The zero-order valence-electron chi connectivity index (χ0n) is 26.0. The summed E-state index contributed by atoms with van der Waals surface area (Å²) < 4.78 is 85.5. The van der Waals surface area contributed by atoms with E-state index in [9.17, 15) is 26.4 Å². The molecule has 1 aliphatic rings. The van der Waals surface area contributed by atoms with Crippen LogP contribution in [-0.4, -0.2) is 45.7 Å². The van der Waals surface area contributed by atoms with Gasteiger partial charge in [-0.3, -0.25) is 5.32 Å². The number of ether oxygens (including phenoxy) is 3. The largest absolute Gasteiger partial charge is 0.534 e. The Morgan fingerprint density at radius 2 is 1.45 bits per heavy atom. The third-order valence-corrected chi connectivity index (χ3v) is 8.21. The molecule has 47 heavy (non-hydrogen) atoms. The Kier molecular flexibility index (Phi) is 8.71. The van der Waals surface area contributed by atoms with Crippen molar-refractivity contribution in [3.05, 3.63) is 113 Å². The molecule has 9 nitrogen and oxygen atoms in total. The van der Waals surface area contributed by atoms with Gasteiger partial charge in [-0.25, -0.2) is 9.79 Å². The lowest BCUT2D eigenvalue weighted by molar-refractivity contribution is -0.0499. The van der Waals surface area contributed by atoms with Crippen LogP contribution in [0.5, 0.6) is 17.2 Å². The van der Waals surface area contributed by atoms with Crippen molar-refractivity contribution in [2.75, 3.05) is 14.2 Å². The molecule has 5 rings (SSSR count). The number of alkyl halides is 3. The van der Waals surface area contributed by atoms with Crippen LogP contribution in [0.2, 0.25) is 0 Å². The number of amides is 1. The number of nitrogens with zero attached hydrogens (tertiary/aromatic N) is 1. The molecule has 4 aromatic rings. The van der Waals surface area contributed by atoms with Gasteiger partial charge in [0.25, 0.3) is 0 Å². The summed E-state index contributed by atoms with van der Waals surface area (Å²) in [5.41, 5.74) is -5.30. The molecule has 1 amide bonds. The van der Waals surface area contributed by atoms with Gasteiger partial charge in [0.2, 0.25) is 0 Å². The van der Waals surface area contributed by atoms with E-state index < -0.39 is 38.6 Å². The van der Waals surface area contributed by atoms with Crippen LogP contribution in [0.25, 0.3) is 11.1 Å². The molecule has 246 valence electrons. The molecule has 0 bridgehead atoms. The van der Waals surface area contributed by atoms with Crippen LogP contribution in [-0.2, 0) is 20.4 Å². The first kappa shape index (κ1) is 33.3. The fraction of sp³-hybridized carbons (Fsp3) is 0.235. The van der Waals surface area contributed by atoms with Crippen molar-refractivity contribution in [1.82, 2.24) is 5.32 Å². The van der Waals surface area contributed by atoms with E-state index in [-0.39, 0.29) is 11.4 Å². The monoisotopic (exact) mass is 668 g/mol. The summed E-state index contributed by atoms with van der Waals surface area (Å²) in [5.74, 6) is 0.556. The molecule has 1 aliphatic heterocycles. The molecule has 0 aliphatic carbocycles. The molecule has 1 unspecified atom stereocenters. The summed E-state index contributed by atoms with van der Waals surface area (Å²) in [6.07, 6.45) is -0.741. The van der Waals surface area contributed by atoms with Crippen molar-refractivity contribution in [1.29, 1.82) is 0 Å². The van der Waals surface area contributed by atoms with Crippen LogP contribution < -0.4 is 19.0 Å². The lowest BCUT2D eigenvalue weighted by atomic mass is 9.77. The second-order valence-electron chi connectivity index (χ2n) is 11.5. The maximum Gasteiger partial charge on any atom is 0.534 e. The predicted molar refractivity (Wildman–Crippen MR) is 169 cm³/mol. The van der Waals surface area contributed by atoms with Crippen molar-refractivity contribution in [2.24, 2.45) is 4.99 Å². The number of aliphatic imine (C=N–C) groups is 1. The molecule has 0 fully saturated rings. The number of alkyl carbamates (subject to hydrolysis) is 1. The lowest BCUT2D eigenvalue weighted by Gasteiger charge is -2.30. The minimum absolute atomic E-state index is 0.0170. The Morgan fingerprint density at radius 1 is 0.787 bits per heavy atom. The smallest absolute Gasteiger partial charge is 0.497 e. The first-order chi connectivity index (χ1) is 22.1. The second-order valence-corrected chi connectivity index (χ2v) is 13.0. The summed E-state index contributed by atoms with van der Waals surface area (Å²) >= 11 is 0. The molecular weight excluding hydrogens is 637 g/mol. The maximum absolute atomic E-state index is 13.5. The highest BCUT2D eigenvalue weighted by molar-refractivity contribution is 7.88. The Labute approximate surface area is 270 Å². The van der Waals surface area contributed by atoms with E-state index >= 15 is 0 Å². The van der Waals surface area contributed by atoms with Gasteiger partial charge in [-0.05, 0) is 79.4 Å². The van der Waals surface area contributed by atoms with Crippen molar-refractivity contribution in [3.8, 4) is 28.4 Å². The molecule has 1 heterocycles. The molecule has 0 saturated heterocycles. The SMILES string of the molecule is COc1ccc(C2(c3ccc(OS(=O)(=O)C(F)(F)F)c(-c4cccc(OC)c4)c3)N=C(NC(=O)OC(C)(C)C)c3ccccc32)cc1. The van der Waals surface area contributed by atoms with Gasteiger partial charge in [-0.2, -0.15) is 21.6 Å². The number of hydrogen-bond donors (Lipinski definition) is 1. The van der Waals surface area contributed by atoms with Crippen LogP contribution >= 0.6 is 0 Å². The quantitative estimate of drug-likeness (QED) is 0.164. The minimum atomic E-state index is -6.02. The molecular formula is C34H31F3N2O7S. The van der Waals surface area contributed by atoms with E-state index in [4.69, 9.17) is 19.2 Å². The number of rotatable bonds is 7. The van der Waals surface area contributed by atoms with E-state index in [1.165, 1.54) is 32.4 Å². The van der Waals surface area contributed by atoms with Crippen LogP contribution in [0.1, 0.15) is 43.0 Å². The molecule has 0 spiro atoms. The fourth-order valence-corrected chi connectivity index (χ4v) is 5.71. The summed E-state index contributed by atoms with van der Waals surface area (Å²) in [4.78, 5) is 18.0. The minimum Gasteiger partial charge on any atom is -0.497 e. The van der Waals surface area contributed by atoms with E-state index in [2.05, 4.69) is 9.50 Å². The second kappa shape index (κ2) is 12.3.